The van der Waals surface area contributed by atoms with Gasteiger partial charge in [0.2, 0.25) is 10.0 Å². The first-order chi connectivity index (χ1) is 14.8. The van der Waals surface area contributed by atoms with Gasteiger partial charge in [0.15, 0.2) is 0 Å². The second-order valence-corrected chi connectivity index (χ2v) is 9.85. The Morgan fingerprint density at radius 2 is 1.48 bits per heavy atom. The summed E-state index contributed by atoms with van der Waals surface area (Å²) in [5.41, 5.74) is 3.78. The maximum absolute atomic E-state index is 12.9. The fraction of sp³-hybridized carbons (Fsp3) is 0.304. The molecule has 0 atom stereocenters. The van der Waals surface area contributed by atoms with Crippen molar-refractivity contribution in [1.29, 1.82) is 0 Å². The first kappa shape index (κ1) is 21.3. The lowest BCUT2D eigenvalue weighted by Gasteiger charge is -2.34. The molecule has 1 aliphatic rings. The fourth-order valence-electron chi connectivity index (χ4n) is 3.63. The minimum absolute atomic E-state index is 0.201. The summed E-state index contributed by atoms with van der Waals surface area (Å²) in [6.07, 6.45) is 0. The van der Waals surface area contributed by atoms with Gasteiger partial charge in [-0.2, -0.15) is 8.99 Å². The average Bonchev–Trinajstić information content (AvgIpc) is 2.76. The summed E-state index contributed by atoms with van der Waals surface area (Å²) < 4.78 is 28.8. The summed E-state index contributed by atoms with van der Waals surface area (Å²) in [5.74, 6) is 0.658. The summed E-state index contributed by atoms with van der Waals surface area (Å²) in [6, 6.07) is 15.9. The van der Waals surface area contributed by atoms with Crippen molar-refractivity contribution in [2.24, 2.45) is 0 Å². The van der Waals surface area contributed by atoms with Crippen molar-refractivity contribution in [1.82, 2.24) is 14.1 Å². The van der Waals surface area contributed by atoms with E-state index in [9.17, 15) is 13.2 Å². The smallest absolute Gasteiger partial charge is 0.271 e. The molecule has 0 aliphatic carbocycles. The number of aromatic nitrogens is 2. The Morgan fingerprint density at radius 1 is 0.806 bits per heavy atom. The quantitative estimate of drug-likeness (QED) is 0.626. The van der Waals surface area contributed by atoms with Crippen molar-refractivity contribution in [3.8, 4) is 5.69 Å². The minimum Gasteiger partial charge on any atom is -0.353 e. The molecule has 0 unspecified atom stereocenters. The summed E-state index contributed by atoms with van der Waals surface area (Å²) in [5, 5.41) is 4.55. The molecular weight excluding hydrogens is 412 g/mol. The van der Waals surface area contributed by atoms with Crippen LogP contribution in [-0.2, 0) is 10.0 Å². The molecule has 31 heavy (non-hydrogen) atoms. The summed E-state index contributed by atoms with van der Waals surface area (Å²) >= 11 is 0. The van der Waals surface area contributed by atoms with Crippen LogP contribution in [0, 0.1) is 20.8 Å². The first-order valence-corrected chi connectivity index (χ1v) is 11.7. The first-order valence-electron chi connectivity index (χ1n) is 10.3. The number of hydrogen-bond donors (Lipinski definition) is 0. The number of benzene rings is 2. The molecule has 0 radical (unpaired) electrons. The molecule has 1 aromatic heterocycles. The van der Waals surface area contributed by atoms with Crippen LogP contribution in [0.4, 0.5) is 5.82 Å². The lowest BCUT2D eigenvalue weighted by atomic mass is 10.1. The average molecular weight is 439 g/mol. The molecule has 162 valence electrons. The third-order valence-electron chi connectivity index (χ3n) is 5.74. The predicted molar refractivity (Wildman–Crippen MR) is 121 cm³/mol. The summed E-state index contributed by atoms with van der Waals surface area (Å²) in [7, 11) is -3.52. The van der Waals surface area contributed by atoms with Crippen molar-refractivity contribution < 1.29 is 8.42 Å². The van der Waals surface area contributed by atoms with Gasteiger partial charge in [0.1, 0.15) is 5.82 Å². The Labute approximate surface area is 182 Å². The van der Waals surface area contributed by atoms with Gasteiger partial charge in [-0.15, -0.1) is 5.10 Å². The standard InChI is InChI=1S/C23H26N4O3S/c1-17-4-8-21(9-5-17)31(29,30)26-14-12-25(13-15-26)22-10-11-23(28)27(24-22)20-7-6-18(2)19(3)16-20/h4-11,16H,12-15H2,1-3H3. The van der Waals surface area contributed by atoms with Gasteiger partial charge in [0.05, 0.1) is 10.6 Å². The zero-order valence-electron chi connectivity index (χ0n) is 17.9. The topological polar surface area (TPSA) is 75.5 Å². The summed E-state index contributed by atoms with van der Waals surface area (Å²) in [6.45, 7) is 7.69. The predicted octanol–water partition coefficient (Wildman–Crippen LogP) is 2.67. The molecule has 0 saturated carbocycles. The molecule has 1 fully saturated rings. The molecule has 3 aromatic rings. The molecule has 8 heteroatoms. The van der Waals surface area contributed by atoms with E-state index < -0.39 is 10.0 Å². The third-order valence-corrected chi connectivity index (χ3v) is 7.66. The number of aryl methyl sites for hydroxylation is 3. The Morgan fingerprint density at radius 3 is 2.13 bits per heavy atom. The Hall–Kier alpha value is -2.97. The van der Waals surface area contributed by atoms with E-state index in [0.29, 0.717) is 36.9 Å². The summed E-state index contributed by atoms with van der Waals surface area (Å²) in [4.78, 5) is 14.7. The zero-order valence-corrected chi connectivity index (χ0v) is 18.8. The lowest BCUT2D eigenvalue weighted by molar-refractivity contribution is 0.383. The van der Waals surface area contributed by atoms with Crippen LogP contribution in [0.3, 0.4) is 0 Å². The second kappa shape index (κ2) is 8.28. The lowest BCUT2D eigenvalue weighted by Crippen LogP contribution is -2.49. The number of rotatable bonds is 4. The van der Waals surface area contributed by atoms with Gasteiger partial charge in [-0.05, 0) is 62.2 Å². The molecule has 0 amide bonds. The Balaban J connectivity index is 1.53. The van der Waals surface area contributed by atoms with Crippen LogP contribution in [0.15, 0.2) is 64.3 Å². The maximum Gasteiger partial charge on any atom is 0.271 e. The van der Waals surface area contributed by atoms with Crippen LogP contribution in [-0.4, -0.2) is 48.7 Å². The van der Waals surface area contributed by atoms with Crippen molar-refractivity contribution in [3.63, 3.8) is 0 Å². The van der Waals surface area contributed by atoms with E-state index in [1.165, 1.54) is 15.1 Å². The highest BCUT2D eigenvalue weighted by molar-refractivity contribution is 7.89. The van der Waals surface area contributed by atoms with Crippen molar-refractivity contribution in [2.45, 2.75) is 25.7 Å². The fourth-order valence-corrected chi connectivity index (χ4v) is 5.05. The highest BCUT2D eigenvalue weighted by Gasteiger charge is 2.29. The zero-order chi connectivity index (χ0) is 22.2. The number of hydrogen-bond acceptors (Lipinski definition) is 5. The molecule has 2 heterocycles. The Bertz CT molecular complexity index is 1260. The van der Waals surface area contributed by atoms with Gasteiger partial charge < -0.3 is 4.90 Å². The molecule has 0 bridgehead atoms. The number of sulfonamides is 1. The van der Waals surface area contributed by atoms with Crippen LogP contribution in [0.25, 0.3) is 5.69 Å². The van der Waals surface area contributed by atoms with Crippen LogP contribution < -0.4 is 10.5 Å². The monoisotopic (exact) mass is 438 g/mol. The van der Waals surface area contributed by atoms with Gasteiger partial charge in [-0.1, -0.05) is 23.8 Å². The SMILES string of the molecule is Cc1ccc(S(=O)(=O)N2CCN(c3ccc(=O)n(-c4ccc(C)c(C)c4)n3)CC2)cc1. The molecular formula is C23H26N4O3S. The van der Waals surface area contributed by atoms with E-state index in [1.54, 1.807) is 18.2 Å². The number of anilines is 1. The Kier molecular flexibility index (Phi) is 5.68. The van der Waals surface area contributed by atoms with Crippen molar-refractivity contribution in [2.75, 3.05) is 31.1 Å². The van der Waals surface area contributed by atoms with E-state index in [4.69, 9.17) is 0 Å². The van der Waals surface area contributed by atoms with E-state index in [-0.39, 0.29) is 5.56 Å². The van der Waals surface area contributed by atoms with Crippen LogP contribution >= 0.6 is 0 Å². The second-order valence-electron chi connectivity index (χ2n) is 7.91. The van der Waals surface area contributed by atoms with Gasteiger partial charge >= 0.3 is 0 Å². The van der Waals surface area contributed by atoms with Gasteiger partial charge in [-0.3, -0.25) is 4.79 Å². The van der Waals surface area contributed by atoms with E-state index >= 15 is 0 Å². The molecule has 7 nitrogen and oxygen atoms in total. The maximum atomic E-state index is 12.9. The minimum atomic E-state index is -3.52. The highest BCUT2D eigenvalue weighted by atomic mass is 32.2. The van der Waals surface area contributed by atoms with Crippen molar-refractivity contribution >= 4 is 15.8 Å². The van der Waals surface area contributed by atoms with Crippen LogP contribution in [0.5, 0.6) is 0 Å². The van der Waals surface area contributed by atoms with Crippen LogP contribution in [0.2, 0.25) is 0 Å². The molecule has 1 aliphatic heterocycles. The van der Waals surface area contributed by atoms with Gasteiger partial charge in [0, 0.05) is 32.2 Å². The van der Waals surface area contributed by atoms with Crippen molar-refractivity contribution in [3.05, 3.63) is 81.6 Å². The molecule has 0 spiro atoms. The van der Waals surface area contributed by atoms with Crippen LogP contribution in [0.1, 0.15) is 16.7 Å². The molecule has 4 rings (SSSR count). The third kappa shape index (κ3) is 4.26. The number of piperazine rings is 1. The van der Waals surface area contributed by atoms with E-state index in [0.717, 1.165) is 22.4 Å². The van der Waals surface area contributed by atoms with Gasteiger partial charge in [0.25, 0.3) is 5.56 Å². The molecule has 0 N–H and O–H groups in total. The van der Waals surface area contributed by atoms with E-state index in [1.807, 2.05) is 56.0 Å². The van der Waals surface area contributed by atoms with E-state index in [2.05, 4.69) is 5.10 Å². The highest BCUT2D eigenvalue weighted by Crippen LogP contribution is 2.20. The normalized spacial score (nSPS) is 15.3. The molecule has 2 aromatic carbocycles. The number of nitrogens with zero attached hydrogens (tertiary/aromatic N) is 4. The molecule has 1 saturated heterocycles. The van der Waals surface area contributed by atoms with Gasteiger partial charge in [-0.25, -0.2) is 8.42 Å². The largest absolute Gasteiger partial charge is 0.353 e.